The molecule has 0 spiro atoms. The Morgan fingerprint density at radius 2 is 2.10 bits per heavy atom. The lowest BCUT2D eigenvalue weighted by atomic mass is 10.2. The van der Waals surface area contributed by atoms with Gasteiger partial charge in [-0.3, -0.25) is 14.6 Å². The Hall–Kier alpha value is -2.43. The van der Waals surface area contributed by atoms with Gasteiger partial charge in [0, 0.05) is 31.0 Å². The maximum Gasteiger partial charge on any atom is 0.270 e. The van der Waals surface area contributed by atoms with Crippen molar-refractivity contribution in [3.63, 3.8) is 0 Å². The zero-order valence-electron chi connectivity index (χ0n) is 11.5. The van der Waals surface area contributed by atoms with Gasteiger partial charge in [-0.05, 0) is 31.5 Å². The highest BCUT2D eigenvalue weighted by molar-refractivity contribution is 5.92. The van der Waals surface area contributed by atoms with Gasteiger partial charge in [0.05, 0.1) is 0 Å². The first-order valence-corrected chi connectivity index (χ1v) is 6.47. The highest BCUT2D eigenvalue weighted by Crippen LogP contribution is 2.10. The minimum atomic E-state index is -0.277. The lowest BCUT2D eigenvalue weighted by Gasteiger charge is -2.26. The van der Waals surface area contributed by atoms with Crippen molar-refractivity contribution < 1.29 is 4.79 Å². The lowest BCUT2D eigenvalue weighted by molar-refractivity contribution is 0.0684. The zero-order chi connectivity index (χ0) is 14.5. The molecule has 0 atom stereocenters. The van der Waals surface area contributed by atoms with Gasteiger partial charge in [-0.1, -0.05) is 12.1 Å². The number of hydrogen-bond donors (Lipinski definition) is 1. The van der Waals surface area contributed by atoms with Crippen LogP contribution in [0.15, 0.2) is 47.5 Å². The van der Waals surface area contributed by atoms with Crippen LogP contribution in [0, 0.1) is 0 Å². The average Bonchev–Trinajstić information content (AvgIpc) is 2.45. The first-order valence-electron chi connectivity index (χ1n) is 6.47. The first kappa shape index (κ1) is 14.0. The summed E-state index contributed by atoms with van der Waals surface area (Å²) in [7, 11) is 0. The molecule has 0 aliphatic heterocycles. The molecular weight excluding hydrogens is 254 g/mol. The van der Waals surface area contributed by atoms with Crippen molar-refractivity contribution in [3.05, 3.63) is 64.3 Å². The standard InChI is InChI=1S/C15H17N3O2/c1-11(2)18(10-12-5-4-8-16-9-12)15(20)13-6-3-7-14(19)17-13/h3-9,11H,10H2,1-2H3,(H,17,19). The van der Waals surface area contributed by atoms with E-state index in [2.05, 4.69) is 9.97 Å². The van der Waals surface area contributed by atoms with Crippen molar-refractivity contribution in [3.8, 4) is 0 Å². The van der Waals surface area contributed by atoms with Gasteiger partial charge in [0.2, 0.25) is 5.56 Å². The molecule has 0 radical (unpaired) electrons. The molecule has 0 aromatic carbocycles. The number of pyridine rings is 2. The van der Waals surface area contributed by atoms with Crippen molar-refractivity contribution >= 4 is 5.91 Å². The molecule has 20 heavy (non-hydrogen) atoms. The molecule has 2 rings (SSSR count). The molecule has 0 unspecified atom stereocenters. The minimum Gasteiger partial charge on any atom is -0.331 e. The second-order valence-corrected chi connectivity index (χ2v) is 4.82. The van der Waals surface area contributed by atoms with Gasteiger partial charge in [-0.2, -0.15) is 0 Å². The second-order valence-electron chi connectivity index (χ2n) is 4.82. The van der Waals surface area contributed by atoms with E-state index in [1.165, 1.54) is 6.07 Å². The van der Waals surface area contributed by atoms with Crippen molar-refractivity contribution in [2.45, 2.75) is 26.4 Å². The SMILES string of the molecule is CC(C)N(Cc1cccnc1)C(=O)c1cccc(=O)[nH]1. The minimum absolute atomic E-state index is 0.0198. The van der Waals surface area contributed by atoms with Crippen LogP contribution in [0.25, 0.3) is 0 Å². The number of nitrogens with zero attached hydrogens (tertiary/aromatic N) is 2. The van der Waals surface area contributed by atoms with E-state index in [-0.39, 0.29) is 17.5 Å². The van der Waals surface area contributed by atoms with Crippen molar-refractivity contribution in [2.24, 2.45) is 0 Å². The van der Waals surface area contributed by atoms with Crippen LogP contribution in [-0.4, -0.2) is 26.8 Å². The summed E-state index contributed by atoms with van der Waals surface area (Å²) in [6.45, 7) is 4.34. The van der Waals surface area contributed by atoms with E-state index in [4.69, 9.17) is 0 Å². The van der Waals surface area contributed by atoms with E-state index >= 15 is 0 Å². The molecule has 0 saturated carbocycles. The van der Waals surface area contributed by atoms with Gasteiger partial charge in [-0.15, -0.1) is 0 Å². The number of aromatic nitrogens is 2. The first-order chi connectivity index (χ1) is 9.58. The number of aromatic amines is 1. The van der Waals surface area contributed by atoms with Crippen LogP contribution >= 0.6 is 0 Å². The smallest absolute Gasteiger partial charge is 0.270 e. The largest absolute Gasteiger partial charge is 0.331 e. The van der Waals surface area contributed by atoms with E-state index in [0.717, 1.165) is 5.56 Å². The fourth-order valence-corrected chi connectivity index (χ4v) is 1.90. The predicted octanol–water partition coefficient (Wildman–Crippen LogP) is 1.82. The molecule has 0 bridgehead atoms. The number of carbonyl (C=O) groups excluding carboxylic acids is 1. The molecule has 0 saturated heterocycles. The summed E-state index contributed by atoms with van der Waals surface area (Å²) < 4.78 is 0. The van der Waals surface area contributed by atoms with Gasteiger partial charge < -0.3 is 9.88 Å². The molecule has 2 aromatic rings. The molecule has 1 N–H and O–H groups in total. The number of H-pyrrole nitrogens is 1. The Labute approximate surface area is 117 Å². The molecule has 0 aliphatic carbocycles. The Kier molecular flexibility index (Phi) is 4.30. The van der Waals surface area contributed by atoms with E-state index in [1.807, 2.05) is 26.0 Å². The Balaban J connectivity index is 2.25. The maximum atomic E-state index is 12.5. The topological polar surface area (TPSA) is 66.1 Å². The molecule has 5 nitrogen and oxygen atoms in total. The Morgan fingerprint density at radius 1 is 1.30 bits per heavy atom. The van der Waals surface area contributed by atoms with Crippen molar-refractivity contribution in [2.75, 3.05) is 0 Å². The summed E-state index contributed by atoms with van der Waals surface area (Å²) >= 11 is 0. The number of hydrogen-bond acceptors (Lipinski definition) is 3. The second kappa shape index (κ2) is 6.14. The Bertz CT molecular complexity index is 635. The van der Waals surface area contributed by atoms with Gasteiger partial charge in [0.25, 0.3) is 5.91 Å². The average molecular weight is 271 g/mol. The quantitative estimate of drug-likeness (QED) is 0.922. The molecule has 104 valence electrons. The molecule has 2 aromatic heterocycles. The van der Waals surface area contributed by atoms with Crippen LogP contribution in [-0.2, 0) is 6.54 Å². The van der Waals surface area contributed by atoms with E-state index < -0.39 is 0 Å². The van der Waals surface area contributed by atoms with Crippen LogP contribution in [0.2, 0.25) is 0 Å². The zero-order valence-corrected chi connectivity index (χ0v) is 11.5. The van der Waals surface area contributed by atoms with Crippen molar-refractivity contribution in [1.29, 1.82) is 0 Å². The summed E-state index contributed by atoms with van der Waals surface area (Å²) in [5.41, 5.74) is 0.976. The molecule has 0 fully saturated rings. The van der Waals surface area contributed by atoms with E-state index in [0.29, 0.717) is 12.2 Å². The number of nitrogens with one attached hydrogen (secondary N) is 1. The van der Waals surface area contributed by atoms with Gasteiger partial charge in [-0.25, -0.2) is 0 Å². The summed E-state index contributed by atoms with van der Waals surface area (Å²) in [6, 6.07) is 8.35. The third-order valence-corrected chi connectivity index (χ3v) is 2.96. The summed E-state index contributed by atoms with van der Waals surface area (Å²) in [5.74, 6) is -0.193. The van der Waals surface area contributed by atoms with Crippen LogP contribution in [0.1, 0.15) is 29.9 Å². The van der Waals surface area contributed by atoms with Crippen LogP contribution in [0.3, 0.4) is 0 Å². The molecule has 1 amide bonds. The predicted molar refractivity (Wildman–Crippen MR) is 76.3 cm³/mol. The van der Waals surface area contributed by atoms with Crippen LogP contribution in [0.5, 0.6) is 0 Å². The monoisotopic (exact) mass is 271 g/mol. The maximum absolute atomic E-state index is 12.5. The Morgan fingerprint density at radius 3 is 2.70 bits per heavy atom. The van der Waals surface area contributed by atoms with Gasteiger partial charge >= 0.3 is 0 Å². The van der Waals surface area contributed by atoms with Gasteiger partial charge in [0.1, 0.15) is 5.69 Å². The van der Waals surface area contributed by atoms with E-state index in [9.17, 15) is 9.59 Å². The normalized spacial score (nSPS) is 10.6. The summed E-state index contributed by atoms with van der Waals surface area (Å²) in [6.07, 6.45) is 3.43. The highest BCUT2D eigenvalue weighted by Gasteiger charge is 2.19. The fourth-order valence-electron chi connectivity index (χ4n) is 1.90. The third-order valence-electron chi connectivity index (χ3n) is 2.96. The molecule has 5 heteroatoms. The summed E-state index contributed by atoms with van der Waals surface area (Å²) in [4.78, 5) is 32.1. The fraction of sp³-hybridized carbons (Fsp3) is 0.267. The highest BCUT2D eigenvalue weighted by atomic mass is 16.2. The lowest BCUT2D eigenvalue weighted by Crippen LogP contribution is -2.37. The number of amides is 1. The molecule has 2 heterocycles. The molecular formula is C15H17N3O2. The van der Waals surface area contributed by atoms with Crippen molar-refractivity contribution in [1.82, 2.24) is 14.9 Å². The number of carbonyl (C=O) groups is 1. The molecule has 0 aliphatic rings. The van der Waals surface area contributed by atoms with Gasteiger partial charge in [0.15, 0.2) is 0 Å². The third kappa shape index (κ3) is 3.32. The number of rotatable bonds is 4. The van der Waals surface area contributed by atoms with Crippen LogP contribution in [0.4, 0.5) is 0 Å². The van der Waals surface area contributed by atoms with Crippen LogP contribution < -0.4 is 5.56 Å². The summed E-state index contributed by atoms with van der Waals surface area (Å²) in [5, 5.41) is 0. The van der Waals surface area contributed by atoms with E-state index in [1.54, 1.807) is 29.4 Å².